The van der Waals surface area contributed by atoms with Crippen molar-refractivity contribution in [2.75, 3.05) is 19.7 Å². The van der Waals surface area contributed by atoms with Gasteiger partial charge in [-0.15, -0.1) is 0 Å². The quantitative estimate of drug-likeness (QED) is 0.832. The lowest BCUT2D eigenvalue weighted by Gasteiger charge is -2.20. The Balaban J connectivity index is 3.00. The molecule has 96 valence electrons. The Morgan fingerprint density at radius 1 is 1.24 bits per heavy atom. The highest BCUT2D eigenvalue weighted by Gasteiger charge is 2.26. The minimum absolute atomic E-state index is 0.0610. The van der Waals surface area contributed by atoms with Crippen molar-refractivity contribution in [2.24, 2.45) is 0 Å². The largest absolute Gasteiger partial charge is 0.395 e. The second-order valence-electron chi connectivity index (χ2n) is 3.29. The standard InChI is InChI=1S/C10H13F2NO3S/c11-10(12)8-13(6-7-14)17(15,16)9-4-2-1-3-5-9/h1-5,10,14H,6-8H2. The molecule has 0 aromatic heterocycles. The van der Waals surface area contributed by atoms with Gasteiger partial charge in [-0.05, 0) is 12.1 Å². The van der Waals surface area contributed by atoms with Crippen molar-refractivity contribution in [3.8, 4) is 0 Å². The minimum atomic E-state index is -3.96. The third-order valence-electron chi connectivity index (χ3n) is 2.07. The van der Waals surface area contributed by atoms with E-state index in [4.69, 9.17) is 5.11 Å². The lowest BCUT2D eigenvalue weighted by Crippen LogP contribution is -2.37. The first-order chi connectivity index (χ1) is 7.98. The van der Waals surface area contributed by atoms with E-state index in [1.807, 2.05) is 0 Å². The van der Waals surface area contributed by atoms with E-state index in [0.717, 1.165) is 0 Å². The average molecular weight is 265 g/mol. The van der Waals surface area contributed by atoms with E-state index in [2.05, 4.69) is 0 Å². The molecule has 0 bridgehead atoms. The van der Waals surface area contributed by atoms with Crippen LogP contribution < -0.4 is 0 Å². The third-order valence-corrected chi connectivity index (χ3v) is 3.95. The molecule has 0 aliphatic carbocycles. The Kier molecular flexibility index (Phi) is 4.98. The van der Waals surface area contributed by atoms with E-state index in [0.29, 0.717) is 4.31 Å². The third kappa shape index (κ3) is 3.72. The topological polar surface area (TPSA) is 57.6 Å². The number of nitrogens with zero attached hydrogens (tertiary/aromatic N) is 1. The molecule has 1 N–H and O–H groups in total. The van der Waals surface area contributed by atoms with Crippen LogP contribution in [0.15, 0.2) is 35.2 Å². The molecule has 17 heavy (non-hydrogen) atoms. The molecule has 0 aliphatic rings. The summed E-state index contributed by atoms with van der Waals surface area (Å²) in [6.07, 6.45) is -2.78. The average Bonchev–Trinajstić information content (AvgIpc) is 2.29. The van der Waals surface area contributed by atoms with Crippen LogP contribution in [-0.4, -0.2) is 44.0 Å². The van der Waals surface area contributed by atoms with Crippen LogP contribution in [0, 0.1) is 0 Å². The van der Waals surface area contributed by atoms with Crippen LogP contribution in [0.4, 0.5) is 8.78 Å². The molecule has 0 aliphatic heterocycles. The fourth-order valence-electron chi connectivity index (χ4n) is 1.32. The summed E-state index contributed by atoms with van der Waals surface area (Å²) in [5.41, 5.74) is 0. The lowest BCUT2D eigenvalue weighted by molar-refractivity contribution is 0.113. The fourth-order valence-corrected chi connectivity index (χ4v) is 2.75. The molecule has 0 unspecified atom stereocenters. The van der Waals surface area contributed by atoms with Crippen LogP contribution in [0.3, 0.4) is 0 Å². The normalized spacial score (nSPS) is 12.3. The minimum Gasteiger partial charge on any atom is -0.395 e. The number of alkyl halides is 2. The first-order valence-electron chi connectivity index (χ1n) is 4.92. The van der Waals surface area contributed by atoms with E-state index in [9.17, 15) is 17.2 Å². The number of sulfonamides is 1. The van der Waals surface area contributed by atoms with Crippen molar-refractivity contribution in [1.29, 1.82) is 0 Å². The highest BCUT2D eigenvalue weighted by Crippen LogP contribution is 2.15. The van der Waals surface area contributed by atoms with E-state index in [1.54, 1.807) is 6.07 Å². The predicted octanol–water partition coefficient (Wildman–Crippen LogP) is 0.935. The molecule has 0 heterocycles. The van der Waals surface area contributed by atoms with Crippen molar-refractivity contribution in [3.63, 3.8) is 0 Å². The molecule has 0 saturated heterocycles. The summed E-state index contributed by atoms with van der Waals surface area (Å²) in [7, 11) is -3.96. The molecule has 0 spiro atoms. The van der Waals surface area contributed by atoms with Gasteiger partial charge in [0.2, 0.25) is 10.0 Å². The van der Waals surface area contributed by atoms with Crippen molar-refractivity contribution in [1.82, 2.24) is 4.31 Å². The monoisotopic (exact) mass is 265 g/mol. The maximum atomic E-state index is 12.3. The Hall–Kier alpha value is -1.05. The zero-order chi connectivity index (χ0) is 12.9. The Morgan fingerprint density at radius 2 is 1.82 bits per heavy atom. The number of benzene rings is 1. The zero-order valence-electron chi connectivity index (χ0n) is 8.96. The van der Waals surface area contributed by atoms with Gasteiger partial charge in [0, 0.05) is 6.54 Å². The van der Waals surface area contributed by atoms with Crippen molar-refractivity contribution < 1.29 is 22.3 Å². The summed E-state index contributed by atoms with van der Waals surface area (Å²) in [6, 6.07) is 7.29. The molecule has 0 radical (unpaired) electrons. The first kappa shape index (κ1) is 14.0. The van der Waals surface area contributed by atoms with Crippen LogP contribution in [0.5, 0.6) is 0 Å². The number of hydrogen-bond acceptors (Lipinski definition) is 3. The second kappa shape index (κ2) is 6.04. The zero-order valence-corrected chi connectivity index (χ0v) is 9.78. The summed E-state index contributed by atoms with van der Waals surface area (Å²) in [6.45, 7) is -1.77. The molecular weight excluding hydrogens is 252 g/mol. The molecule has 1 aromatic rings. The van der Waals surface area contributed by atoms with Gasteiger partial charge in [-0.2, -0.15) is 4.31 Å². The lowest BCUT2D eigenvalue weighted by atomic mass is 10.4. The van der Waals surface area contributed by atoms with Gasteiger partial charge >= 0.3 is 0 Å². The number of aliphatic hydroxyl groups excluding tert-OH is 1. The molecule has 4 nitrogen and oxygen atoms in total. The van der Waals surface area contributed by atoms with E-state index >= 15 is 0 Å². The summed E-state index contributed by atoms with van der Waals surface area (Å²) in [5.74, 6) is 0. The molecule has 0 fully saturated rings. The number of aliphatic hydroxyl groups is 1. The van der Waals surface area contributed by atoms with Gasteiger partial charge in [0.05, 0.1) is 18.0 Å². The summed E-state index contributed by atoms with van der Waals surface area (Å²) in [5, 5.41) is 8.71. The Bertz CT molecular complexity index is 436. The fraction of sp³-hybridized carbons (Fsp3) is 0.400. The first-order valence-corrected chi connectivity index (χ1v) is 6.36. The van der Waals surface area contributed by atoms with Gasteiger partial charge in [-0.3, -0.25) is 0 Å². The van der Waals surface area contributed by atoms with Crippen LogP contribution in [-0.2, 0) is 10.0 Å². The van der Waals surface area contributed by atoms with E-state index in [-0.39, 0.29) is 11.4 Å². The molecule has 0 amide bonds. The summed E-state index contributed by atoms with van der Waals surface area (Å²) in [4.78, 5) is -0.0610. The summed E-state index contributed by atoms with van der Waals surface area (Å²) < 4.78 is 49.0. The number of hydrogen-bond donors (Lipinski definition) is 1. The van der Waals surface area contributed by atoms with Crippen LogP contribution in [0.25, 0.3) is 0 Å². The smallest absolute Gasteiger partial charge is 0.252 e. The van der Waals surface area contributed by atoms with Crippen molar-refractivity contribution in [2.45, 2.75) is 11.3 Å². The molecular formula is C10H13F2NO3S. The Morgan fingerprint density at radius 3 is 2.29 bits per heavy atom. The van der Waals surface area contributed by atoms with Gasteiger partial charge in [0.15, 0.2) is 0 Å². The van der Waals surface area contributed by atoms with Crippen LogP contribution in [0.2, 0.25) is 0 Å². The number of halogens is 2. The molecule has 1 aromatic carbocycles. The number of rotatable bonds is 6. The predicted molar refractivity (Wildman–Crippen MR) is 58.3 cm³/mol. The highest BCUT2D eigenvalue weighted by molar-refractivity contribution is 7.89. The maximum Gasteiger partial charge on any atom is 0.252 e. The van der Waals surface area contributed by atoms with Crippen molar-refractivity contribution >= 4 is 10.0 Å². The van der Waals surface area contributed by atoms with Crippen LogP contribution >= 0.6 is 0 Å². The van der Waals surface area contributed by atoms with Crippen LogP contribution in [0.1, 0.15) is 0 Å². The molecule has 1 rings (SSSR count). The van der Waals surface area contributed by atoms with Gasteiger partial charge in [-0.1, -0.05) is 18.2 Å². The van der Waals surface area contributed by atoms with E-state index in [1.165, 1.54) is 24.3 Å². The second-order valence-corrected chi connectivity index (χ2v) is 5.23. The SMILES string of the molecule is O=S(=O)(c1ccccc1)N(CCO)CC(F)F. The van der Waals surface area contributed by atoms with Gasteiger partial charge in [-0.25, -0.2) is 17.2 Å². The van der Waals surface area contributed by atoms with Crippen molar-refractivity contribution in [3.05, 3.63) is 30.3 Å². The summed E-state index contributed by atoms with van der Waals surface area (Å²) >= 11 is 0. The van der Waals surface area contributed by atoms with Gasteiger partial charge in [0.1, 0.15) is 0 Å². The Labute approximate surface area is 98.5 Å². The molecule has 0 saturated carbocycles. The van der Waals surface area contributed by atoms with Gasteiger partial charge in [0.25, 0.3) is 6.43 Å². The maximum absolute atomic E-state index is 12.3. The highest BCUT2D eigenvalue weighted by atomic mass is 32.2. The van der Waals surface area contributed by atoms with E-state index < -0.39 is 29.6 Å². The van der Waals surface area contributed by atoms with Gasteiger partial charge < -0.3 is 5.11 Å². The molecule has 7 heteroatoms. The molecule has 0 atom stereocenters.